The van der Waals surface area contributed by atoms with Gasteiger partial charge in [-0.25, -0.2) is 4.98 Å². The largest absolute Gasteiger partial charge is 0.366 e. The molecule has 70 valence electrons. The zero-order valence-electron chi connectivity index (χ0n) is 7.88. The molecule has 13 heavy (non-hydrogen) atoms. The Balaban J connectivity index is 2.00. The van der Waals surface area contributed by atoms with E-state index in [0.29, 0.717) is 6.04 Å². The molecule has 1 saturated heterocycles. The number of rotatable bonds is 2. The summed E-state index contributed by atoms with van der Waals surface area (Å²) in [5, 5.41) is 6.72. The summed E-state index contributed by atoms with van der Waals surface area (Å²) in [5.41, 5.74) is 1.25. The van der Waals surface area contributed by atoms with Crippen LogP contribution in [0.1, 0.15) is 12.0 Å². The lowest BCUT2D eigenvalue weighted by atomic mass is 10.2. The third-order valence-electron chi connectivity index (χ3n) is 2.33. The second-order valence-electron chi connectivity index (χ2n) is 3.55. The van der Waals surface area contributed by atoms with Crippen LogP contribution in [0.3, 0.4) is 0 Å². The van der Waals surface area contributed by atoms with E-state index in [4.69, 9.17) is 0 Å². The van der Waals surface area contributed by atoms with Gasteiger partial charge in [0.15, 0.2) is 0 Å². The molecule has 1 aliphatic rings. The van der Waals surface area contributed by atoms with Gasteiger partial charge in [-0.1, -0.05) is 0 Å². The van der Waals surface area contributed by atoms with Gasteiger partial charge in [0.2, 0.25) is 0 Å². The minimum Gasteiger partial charge on any atom is -0.366 e. The van der Waals surface area contributed by atoms with Crippen LogP contribution >= 0.6 is 0 Å². The lowest BCUT2D eigenvalue weighted by Gasteiger charge is -2.11. The fraction of sp³-hybridized carbons (Fsp3) is 0.500. The Labute approximate surface area is 78.6 Å². The van der Waals surface area contributed by atoms with Crippen molar-refractivity contribution in [3.05, 3.63) is 23.9 Å². The molecule has 1 aliphatic heterocycles. The van der Waals surface area contributed by atoms with Crippen molar-refractivity contribution >= 4 is 5.82 Å². The Kier molecular flexibility index (Phi) is 2.45. The topological polar surface area (TPSA) is 37.0 Å². The summed E-state index contributed by atoms with van der Waals surface area (Å²) in [7, 11) is 0. The fourth-order valence-electron chi connectivity index (χ4n) is 1.60. The van der Waals surface area contributed by atoms with Gasteiger partial charge in [-0.2, -0.15) is 0 Å². The third kappa shape index (κ3) is 2.18. The van der Waals surface area contributed by atoms with Crippen LogP contribution < -0.4 is 10.6 Å². The molecule has 0 radical (unpaired) electrons. The molecule has 1 fully saturated rings. The van der Waals surface area contributed by atoms with E-state index in [-0.39, 0.29) is 0 Å². The highest BCUT2D eigenvalue weighted by Gasteiger charge is 2.13. The van der Waals surface area contributed by atoms with Gasteiger partial charge >= 0.3 is 0 Å². The van der Waals surface area contributed by atoms with Gasteiger partial charge in [0.25, 0.3) is 0 Å². The molecule has 2 heterocycles. The van der Waals surface area contributed by atoms with E-state index < -0.39 is 0 Å². The van der Waals surface area contributed by atoms with Crippen LogP contribution in [0.15, 0.2) is 18.3 Å². The van der Waals surface area contributed by atoms with Crippen molar-refractivity contribution in [1.82, 2.24) is 10.3 Å². The van der Waals surface area contributed by atoms with Crippen molar-refractivity contribution in [2.24, 2.45) is 0 Å². The van der Waals surface area contributed by atoms with E-state index in [1.54, 1.807) is 0 Å². The molecular weight excluding hydrogens is 162 g/mol. The molecule has 2 rings (SSSR count). The standard InChI is InChI=1S/C10H15N3/c1-8-2-5-12-10(6-8)13-9-3-4-11-7-9/h2,5-6,9,11H,3-4,7H2,1H3,(H,12,13)/t9-/m1/s1. The summed E-state index contributed by atoms with van der Waals surface area (Å²) in [6.07, 6.45) is 3.04. The van der Waals surface area contributed by atoms with Gasteiger partial charge in [0.1, 0.15) is 5.82 Å². The monoisotopic (exact) mass is 177 g/mol. The molecule has 3 nitrogen and oxygen atoms in total. The fourth-order valence-corrected chi connectivity index (χ4v) is 1.60. The highest BCUT2D eigenvalue weighted by Crippen LogP contribution is 2.09. The van der Waals surface area contributed by atoms with Gasteiger partial charge in [-0.3, -0.25) is 0 Å². The summed E-state index contributed by atoms with van der Waals surface area (Å²) in [6.45, 7) is 4.25. The van der Waals surface area contributed by atoms with Crippen LogP contribution in [0.25, 0.3) is 0 Å². The molecule has 1 atom stereocenters. The Bertz CT molecular complexity index is 279. The van der Waals surface area contributed by atoms with Crippen LogP contribution in [-0.4, -0.2) is 24.1 Å². The van der Waals surface area contributed by atoms with Gasteiger partial charge < -0.3 is 10.6 Å². The maximum absolute atomic E-state index is 4.26. The number of pyridine rings is 1. The molecule has 1 aromatic rings. The van der Waals surface area contributed by atoms with Crippen molar-refractivity contribution in [3.8, 4) is 0 Å². The normalized spacial score (nSPS) is 21.8. The van der Waals surface area contributed by atoms with Crippen LogP contribution in [-0.2, 0) is 0 Å². The van der Waals surface area contributed by atoms with Crippen LogP contribution in [0.2, 0.25) is 0 Å². The summed E-state index contributed by atoms with van der Waals surface area (Å²) in [4.78, 5) is 4.26. The lowest BCUT2D eigenvalue weighted by molar-refractivity contribution is 0.788. The average Bonchev–Trinajstić information content (AvgIpc) is 2.57. The second kappa shape index (κ2) is 3.75. The maximum Gasteiger partial charge on any atom is 0.126 e. The summed E-state index contributed by atoms with van der Waals surface area (Å²) in [5.74, 6) is 0.994. The number of nitrogens with zero attached hydrogens (tertiary/aromatic N) is 1. The first kappa shape index (κ1) is 8.51. The predicted molar refractivity (Wildman–Crippen MR) is 53.9 cm³/mol. The number of hydrogen-bond acceptors (Lipinski definition) is 3. The van der Waals surface area contributed by atoms with E-state index in [1.165, 1.54) is 12.0 Å². The smallest absolute Gasteiger partial charge is 0.126 e. The van der Waals surface area contributed by atoms with Crippen molar-refractivity contribution in [3.63, 3.8) is 0 Å². The first-order valence-electron chi connectivity index (χ1n) is 4.74. The minimum absolute atomic E-state index is 0.550. The number of aromatic nitrogens is 1. The lowest BCUT2D eigenvalue weighted by Crippen LogP contribution is -2.22. The van der Waals surface area contributed by atoms with E-state index in [9.17, 15) is 0 Å². The van der Waals surface area contributed by atoms with Gasteiger partial charge in [-0.15, -0.1) is 0 Å². The highest BCUT2D eigenvalue weighted by molar-refractivity contribution is 5.38. The molecule has 0 bridgehead atoms. The number of aryl methyl sites for hydroxylation is 1. The molecule has 2 N–H and O–H groups in total. The quantitative estimate of drug-likeness (QED) is 0.712. The van der Waals surface area contributed by atoms with Crippen LogP contribution in [0.4, 0.5) is 5.82 Å². The van der Waals surface area contributed by atoms with E-state index in [1.807, 2.05) is 12.3 Å². The molecule has 0 amide bonds. The first-order chi connectivity index (χ1) is 6.34. The average molecular weight is 177 g/mol. The molecule has 0 aliphatic carbocycles. The number of hydrogen-bond donors (Lipinski definition) is 2. The van der Waals surface area contributed by atoms with Gasteiger partial charge in [-0.05, 0) is 37.6 Å². The van der Waals surface area contributed by atoms with Crippen molar-refractivity contribution in [2.75, 3.05) is 18.4 Å². The van der Waals surface area contributed by atoms with Crippen molar-refractivity contribution < 1.29 is 0 Å². The molecule has 0 spiro atoms. The molecular formula is C10H15N3. The molecule has 0 aromatic carbocycles. The molecule has 1 aromatic heterocycles. The SMILES string of the molecule is Cc1ccnc(N[C@@H]2CCNC2)c1. The summed E-state index contributed by atoms with van der Waals surface area (Å²) >= 11 is 0. The molecule has 0 unspecified atom stereocenters. The van der Waals surface area contributed by atoms with Crippen molar-refractivity contribution in [2.45, 2.75) is 19.4 Å². The third-order valence-corrected chi connectivity index (χ3v) is 2.33. The van der Waals surface area contributed by atoms with Crippen molar-refractivity contribution in [1.29, 1.82) is 0 Å². The predicted octanol–water partition coefficient (Wildman–Crippen LogP) is 1.16. The minimum atomic E-state index is 0.550. The highest BCUT2D eigenvalue weighted by atomic mass is 15.1. The number of anilines is 1. The Morgan fingerprint density at radius 1 is 1.62 bits per heavy atom. The summed E-state index contributed by atoms with van der Waals surface area (Å²) < 4.78 is 0. The summed E-state index contributed by atoms with van der Waals surface area (Å²) in [6, 6.07) is 4.64. The molecule has 0 saturated carbocycles. The van der Waals surface area contributed by atoms with Gasteiger partial charge in [0.05, 0.1) is 0 Å². The molecule has 3 heteroatoms. The van der Waals surface area contributed by atoms with Crippen LogP contribution in [0.5, 0.6) is 0 Å². The Morgan fingerprint density at radius 3 is 3.23 bits per heavy atom. The maximum atomic E-state index is 4.26. The zero-order valence-corrected chi connectivity index (χ0v) is 7.88. The van der Waals surface area contributed by atoms with Gasteiger partial charge in [0, 0.05) is 18.8 Å². The van der Waals surface area contributed by atoms with Crippen LogP contribution in [0, 0.1) is 6.92 Å². The first-order valence-corrected chi connectivity index (χ1v) is 4.74. The van der Waals surface area contributed by atoms with E-state index in [2.05, 4.69) is 28.6 Å². The second-order valence-corrected chi connectivity index (χ2v) is 3.55. The van der Waals surface area contributed by atoms with E-state index >= 15 is 0 Å². The number of nitrogens with one attached hydrogen (secondary N) is 2. The Hall–Kier alpha value is -1.09. The van der Waals surface area contributed by atoms with E-state index in [0.717, 1.165) is 18.9 Å². The zero-order chi connectivity index (χ0) is 9.10. The Morgan fingerprint density at radius 2 is 2.54 bits per heavy atom.